The fourth-order valence-electron chi connectivity index (χ4n) is 2.54. The number of hydrogen-bond acceptors (Lipinski definition) is 3. The molecular formula is C23H21NOS. The van der Waals surface area contributed by atoms with Crippen molar-refractivity contribution in [2.24, 2.45) is 0 Å². The summed E-state index contributed by atoms with van der Waals surface area (Å²) in [6.45, 7) is 0. The summed E-state index contributed by atoms with van der Waals surface area (Å²) < 4.78 is 5.55. The van der Waals surface area contributed by atoms with Crippen LogP contribution in [-0.2, 0) is 0 Å². The summed E-state index contributed by atoms with van der Waals surface area (Å²) in [5, 5.41) is 0. The van der Waals surface area contributed by atoms with Crippen LogP contribution in [0.15, 0.2) is 71.6 Å². The van der Waals surface area contributed by atoms with Crippen LogP contribution in [0.3, 0.4) is 0 Å². The van der Waals surface area contributed by atoms with Gasteiger partial charge in [-0.25, -0.2) is 0 Å². The minimum atomic E-state index is 0.764. The Kier molecular flexibility index (Phi) is 5.82. The van der Waals surface area contributed by atoms with Gasteiger partial charge >= 0.3 is 0 Å². The largest absolute Gasteiger partial charge is 0.496 e. The van der Waals surface area contributed by atoms with Crippen LogP contribution in [0, 0.1) is 0 Å². The molecule has 2 nitrogen and oxygen atoms in total. The van der Waals surface area contributed by atoms with Gasteiger partial charge in [0.2, 0.25) is 0 Å². The molecule has 0 aromatic heterocycles. The van der Waals surface area contributed by atoms with Crippen molar-refractivity contribution >= 4 is 42.6 Å². The van der Waals surface area contributed by atoms with Gasteiger partial charge in [0.05, 0.1) is 7.11 Å². The third-order valence-electron chi connectivity index (χ3n) is 4.01. The van der Waals surface area contributed by atoms with Gasteiger partial charge in [0.1, 0.15) is 5.75 Å². The minimum absolute atomic E-state index is 0.764. The van der Waals surface area contributed by atoms with E-state index in [1.165, 1.54) is 0 Å². The zero-order chi connectivity index (χ0) is 18.4. The molecule has 130 valence electrons. The summed E-state index contributed by atoms with van der Waals surface area (Å²) in [6, 6.07) is 22.0. The van der Waals surface area contributed by atoms with Gasteiger partial charge in [-0.15, -0.1) is 12.6 Å². The summed E-state index contributed by atoms with van der Waals surface area (Å²) in [7, 11) is 1.69. The van der Waals surface area contributed by atoms with Crippen LogP contribution in [0.25, 0.3) is 24.3 Å². The number of methoxy groups -OCH3 is 1. The highest BCUT2D eigenvalue weighted by Crippen LogP contribution is 2.24. The van der Waals surface area contributed by atoms with Crippen molar-refractivity contribution in [1.82, 2.24) is 0 Å². The molecule has 0 spiro atoms. The van der Waals surface area contributed by atoms with E-state index < -0.39 is 0 Å². The number of benzene rings is 3. The lowest BCUT2D eigenvalue weighted by Gasteiger charge is -2.06. The Balaban J connectivity index is 1.78. The number of anilines is 1. The maximum Gasteiger partial charge on any atom is 0.126 e. The number of nitrogen functional groups attached to an aromatic ring is 1. The quantitative estimate of drug-likeness (QED) is 0.337. The Labute approximate surface area is 160 Å². The van der Waals surface area contributed by atoms with Gasteiger partial charge in [0.15, 0.2) is 0 Å². The first-order chi connectivity index (χ1) is 12.6. The fourth-order valence-corrected chi connectivity index (χ4v) is 2.69. The highest BCUT2D eigenvalue weighted by atomic mass is 32.1. The van der Waals surface area contributed by atoms with Crippen molar-refractivity contribution in [3.63, 3.8) is 0 Å². The van der Waals surface area contributed by atoms with E-state index in [9.17, 15) is 0 Å². The van der Waals surface area contributed by atoms with Gasteiger partial charge in [0.25, 0.3) is 0 Å². The molecule has 0 bridgehead atoms. The van der Waals surface area contributed by atoms with Crippen LogP contribution in [0.2, 0.25) is 0 Å². The highest BCUT2D eigenvalue weighted by molar-refractivity contribution is 7.80. The molecule has 0 saturated heterocycles. The van der Waals surface area contributed by atoms with Crippen molar-refractivity contribution in [2.75, 3.05) is 12.8 Å². The first-order valence-electron chi connectivity index (χ1n) is 8.33. The SMILES string of the molecule is COc1cc(/C=C/c2ccc(S)cc2)ccc1/C=C/c1ccc(N)cc1. The lowest BCUT2D eigenvalue weighted by atomic mass is 10.1. The number of thiol groups is 1. The van der Waals surface area contributed by atoms with Gasteiger partial charge in [-0.1, -0.05) is 60.7 Å². The van der Waals surface area contributed by atoms with E-state index in [0.717, 1.165) is 38.6 Å². The van der Waals surface area contributed by atoms with Crippen molar-refractivity contribution in [2.45, 2.75) is 4.90 Å². The van der Waals surface area contributed by atoms with E-state index in [1.807, 2.05) is 66.7 Å². The molecule has 3 heteroatoms. The average Bonchev–Trinajstić information content (AvgIpc) is 2.67. The average molecular weight is 359 g/mol. The van der Waals surface area contributed by atoms with Crippen LogP contribution in [0.1, 0.15) is 22.3 Å². The molecule has 0 radical (unpaired) electrons. The molecule has 0 amide bonds. The summed E-state index contributed by atoms with van der Waals surface area (Å²) in [5.41, 5.74) is 10.8. The monoisotopic (exact) mass is 359 g/mol. The summed E-state index contributed by atoms with van der Waals surface area (Å²) in [6.07, 6.45) is 8.24. The Morgan fingerprint density at radius 1 is 0.731 bits per heavy atom. The molecule has 0 fully saturated rings. The van der Waals surface area contributed by atoms with Crippen molar-refractivity contribution < 1.29 is 4.74 Å². The Hall–Kier alpha value is -2.91. The van der Waals surface area contributed by atoms with E-state index in [2.05, 4.69) is 36.9 Å². The Morgan fingerprint density at radius 2 is 1.27 bits per heavy atom. The maximum atomic E-state index is 5.72. The Morgan fingerprint density at radius 3 is 1.92 bits per heavy atom. The van der Waals surface area contributed by atoms with Crippen LogP contribution in [0.4, 0.5) is 5.69 Å². The zero-order valence-corrected chi connectivity index (χ0v) is 15.5. The number of nitrogens with two attached hydrogens (primary N) is 1. The number of rotatable bonds is 5. The molecule has 0 saturated carbocycles. The molecule has 3 rings (SSSR count). The standard InChI is InChI=1S/C23H21NOS/c1-25-23-16-19(3-2-17-8-14-22(26)15-9-17)5-11-20(23)10-4-18-6-12-21(24)13-7-18/h2-16,26H,24H2,1H3/b3-2+,10-4+. The second-order valence-corrected chi connectivity index (χ2v) is 6.44. The molecule has 2 N–H and O–H groups in total. The van der Waals surface area contributed by atoms with E-state index >= 15 is 0 Å². The second kappa shape index (κ2) is 8.45. The molecule has 0 atom stereocenters. The van der Waals surface area contributed by atoms with Crippen molar-refractivity contribution in [3.05, 3.63) is 89.0 Å². The van der Waals surface area contributed by atoms with E-state index in [-0.39, 0.29) is 0 Å². The topological polar surface area (TPSA) is 35.2 Å². The van der Waals surface area contributed by atoms with Gasteiger partial charge in [0, 0.05) is 16.1 Å². The molecule has 0 aliphatic rings. The van der Waals surface area contributed by atoms with E-state index in [1.54, 1.807) is 7.11 Å². The smallest absolute Gasteiger partial charge is 0.126 e. The molecule has 0 heterocycles. The lowest BCUT2D eigenvalue weighted by molar-refractivity contribution is 0.414. The second-order valence-electron chi connectivity index (χ2n) is 5.93. The predicted octanol–water partition coefficient (Wildman–Crippen LogP) is 5.91. The molecule has 3 aromatic carbocycles. The molecular weight excluding hydrogens is 338 g/mol. The van der Waals surface area contributed by atoms with Gasteiger partial charge in [-0.3, -0.25) is 0 Å². The van der Waals surface area contributed by atoms with E-state index in [0.29, 0.717) is 0 Å². The van der Waals surface area contributed by atoms with E-state index in [4.69, 9.17) is 10.5 Å². The predicted molar refractivity (Wildman–Crippen MR) is 115 cm³/mol. The van der Waals surface area contributed by atoms with Crippen LogP contribution >= 0.6 is 12.6 Å². The Bertz CT molecular complexity index is 925. The van der Waals surface area contributed by atoms with Crippen LogP contribution < -0.4 is 10.5 Å². The third kappa shape index (κ3) is 4.80. The van der Waals surface area contributed by atoms with Gasteiger partial charge < -0.3 is 10.5 Å². The summed E-state index contributed by atoms with van der Waals surface area (Å²) >= 11 is 4.30. The first kappa shape index (κ1) is 17.9. The van der Waals surface area contributed by atoms with Crippen molar-refractivity contribution in [3.8, 4) is 5.75 Å². The van der Waals surface area contributed by atoms with Crippen molar-refractivity contribution in [1.29, 1.82) is 0 Å². The summed E-state index contributed by atoms with van der Waals surface area (Å²) in [4.78, 5) is 0.959. The molecule has 26 heavy (non-hydrogen) atoms. The first-order valence-corrected chi connectivity index (χ1v) is 8.77. The fraction of sp³-hybridized carbons (Fsp3) is 0.0435. The van der Waals surface area contributed by atoms with Crippen LogP contribution in [0.5, 0.6) is 5.75 Å². The number of ether oxygens (including phenoxy) is 1. The molecule has 0 unspecified atom stereocenters. The minimum Gasteiger partial charge on any atom is -0.496 e. The van der Waals surface area contributed by atoms with Gasteiger partial charge in [-0.2, -0.15) is 0 Å². The maximum absolute atomic E-state index is 5.72. The molecule has 3 aromatic rings. The normalized spacial score (nSPS) is 11.3. The summed E-state index contributed by atoms with van der Waals surface area (Å²) in [5.74, 6) is 0.838. The number of hydrogen-bond donors (Lipinski definition) is 2. The molecule has 0 aliphatic heterocycles. The highest BCUT2D eigenvalue weighted by Gasteiger charge is 2.01. The molecule has 0 aliphatic carbocycles. The zero-order valence-electron chi connectivity index (χ0n) is 14.6. The third-order valence-corrected chi connectivity index (χ3v) is 4.31. The van der Waals surface area contributed by atoms with Gasteiger partial charge in [-0.05, 0) is 47.0 Å². The lowest BCUT2D eigenvalue weighted by Crippen LogP contribution is -1.88. The van der Waals surface area contributed by atoms with Crippen LogP contribution in [-0.4, -0.2) is 7.11 Å².